The van der Waals surface area contributed by atoms with Gasteiger partial charge in [-0.15, -0.1) is 0 Å². The Balaban J connectivity index is 2.08. The summed E-state index contributed by atoms with van der Waals surface area (Å²) in [6.07, 6.45) is 2.47. The van der Waals surface area contributed by atoms with Gasteiger partial charge in [0.2, 0.25) is 0 Å². The van der Waals surface area contributed by atoms with E-state index in [1.54, 1.807) is 0 Å². The molecule has 0 atom stereocenters. The van der Waals surface area contributed by atoms with Gasteiger partial charge in [0, 0.05) is 0 Å². The summed E-state index contributed by atoms with van der Waals surface area (Å²) in [6.45, 7) is 3.09. The van der Waals surface area contributed by atoms with Crippen LogP contribution in [0.15, 0.2) is 0 Å². The summed E-state index contributed by atoms with van der Waals surface area (Å²) in [5.74, 6) is 0.740. The number of hydrogen-bond acceptors (Lipinski definition) is 3. The molecule has 3 heteroatoms. The van der Waals surface area contributed by atoms with Crippen LogP contribution in [0.5, 0.6) is 0 Å². The molecular weight excluding hydrogens is 134 g/mol. The molecule has 0 spiro atoms. The second-order valence-corrected chi connectivity index (χ2v) is 2.75. The van der Waals surface area contributed by atoms with Crippen molar-refractivity contribution in [2.75, 3.05) is 19.7 Å². The van der Waals surface area contributed by atoms with Gasteiger partial charge in [-0.2, -0.15) is 0 Å². The van der Waals surface area contributed by atoms with Crippen molar-refractivity contribution in [3.8, 4) is 0 Å². The minimum absolute atomic E-state index is 0.740. The zero-order chi connectivity index (χ0) is 6.53. The normalized spacial score (nSPS) is 22.3. The molecule has 0 unspecified atom stereocenters. The predicted octanol–water partition coefficient (Wildman–Crippen LogP) is 0.847. The van der Waals surface area contributed by atoms with E-state index in [0.29, 0.717) is 0 Å². The van der Waals surface area contributed by atoms with Gasteiger partial charge < -0.3 is 9.50 Å². The molecule has 0 aromatic rings. The summed E-state index contributed by atoms with van der Waals surface area (Å²) in [6, 6.07) is 0. The second-order valence-electron chi connectivity index (χ2n) is 2.49. The van der Waals surface area contributed by atoms with Gasteiger partial charge in [0.1, 0.15) is 0 Å². The van der Waals surface area contributed by atoms with Crippen molar-refractivity contribution in [3.05, 3.63) is 0 Å². The first kappa shape index (κ1) is 7.38. The molecule has 1 fully saturated rings. The quantitative estimate of drug-likeness (QED) is 0.446. The van der Waals surface area contributed by atoms with Crippen molar-refractivity contribution in [1.29, 1.82) is 0 Å². The average molecular weight is 147 g/mol. The molecule has 54 valence electrons. The van der Waals surface area contributed by atoms with Crippen LogP contribution >= 0.6 is 12.9 Å². The lowest BCUT2D eigenvalue weighted by Crippen LogP contribution is -2.29. The maximum atomic E-state index is 4.75. The van der Waals surface area contributed by atoms with Crippen LogP contribution < -0.4 is 5.32 Å². The van der Waals surface area contributed by atoms with Gasteiger partial charge >= 0.3 is 0 Å². The van der Waals surface area contributed by atoms with Gasteiger partial charge in [0.05, 0.1) is 6.61 Å². The Morgan fingerprint density at radius 1 is 1.44 bits per heavy atom. The SMILES string of the molecule is SOCC1CCNCC1. The number of rotatable bonds is 2. The average Bonchev–Trinajstić information content (AvgIpc) is 1.91. The summed E-state index contributed by atoms with van der Waals surface area (Å²) in [7, 11) is 0. The van der Waals surface area contributed by atoms with Gasteiger partial charge in [-0.05, 0) is 44.8 Å². The molecule has 1 aliphatic rings. The van der Waals surface area contributed by atoms with E-state index in [1.807, 2.05) is 0 Å². The van der Waals surface area contributed by atoms with Crippen LogP contribution in [0.25, 0.3) is 0 Å². The van der Waals surface area contributed by atoms with E-state index in [0.717, 1.165) is 25.6 Å². The lowest BCUT2D eigenvalue weighted by molar-refractivity contribution is 0.246. The zero-order valence-electron chi connectivity index (χ0n) is 5.47. The molecule has 1 aliphatic heterocycles. The smallest absolute Gasteiger partial charge is 0.0639 e. The van der Waals surface area contributed by atoms with E-state index in [2.05, 4.69) is 18.2 Å². The number of nitrogens with one attached hydrogen (secondary N) is 1. The van der Waals surface area contributed by atoms with Gasteiger partial charge in [0.15, 0.2) is 0 Å². The Morgan fingerprint density at radius 3 is 2.67 bits per heavy atom. The predicted molar refractivity (Wildman–Crippen MR) is 40.5 cm³/mol. The highest BCUT2D eigenvalue weighted by Crippen LogP contribution is 2.11. The van der Waals surface area contributed by atoms with Crippen LogP contribution in [0, 0.1) is 5.92 Å². The number of hydrogen-bond donors (Lipinski definition) is 2. The first-order valence-electron chi connectivity index (χ1n) is 3.40. The topological polar surface area (TPSA) is 21.3 Å². The molecule has 0 amide bonds. The van der Waals surface area contributed by atoms with E-state index in [1.165, 1.54) is 12.8 Å². The highest BCUT2D eigenvalue weighted by atomic mass is 32.1. The monoisotopic (exact) mass is 147 g/mol. The van der Waals surface area contributed by atoms with E-state index >= 15 is 0 Å². The van der Waals surface area contributed by atoms with Crippen molar-refractivity contribution in [2.24, 2.45) is 5.92 Å². The van der Waals surface area contributed by atoms with Crippen LogP contribution in [-0.2, 0) is 4.18 Å². The highest BCUT2D eigenvalue weighted by molar-refractivity contribution is 7.75. The molecule has 1 heterocycles. The standard InChI is InChI=1S/C6H13NOS/c9-8-5-6-1-3-7-4-2-6/h6-7,9H,1-5H2. The van der Waals surface area contributed by atoms with Crippen LogP contribution in [-0.4, -0.2) is 19.7 Å². The summed E-state index contributed by atoms with van der Waals surface area (Å²) >= 11 is 3.71. The van der Waals surface area contributed by atoms with E-state index < -0.39 is 0 Å². The molecule has 9 heavy (non-hydrogen) atoms. The first-order chi connectivity index (χ1) is 4.43. The molecule has 0 aromatic carbocycles. The Morgan fingerprint density at radius 2 is 2.11 bits per heavy atom. The molecule has 2 nitrogen and oxygen atoms in total. The molecular formula is C6H13NOS. The summed E-state index contributed by atoms with van der Waals surface area (Å²) in [5, 5.41) is 3.29. The minimum atomic E-state index is 0.740. The van der Waals surface area contributed by atoms with Crippen LogP contribution in [0.4, 0.5) is 0 Å². The maximum absolute atomic E-state index is 4.75. The summed E-state index contributed by atoms with van der Waals surface area (Å²) < 4.78 is 4.75. The second kappa shape index (κ2) is 4.14. The van der Waals surface area contributed by atoms with Crippen molar-refractivity contribution in [1.82, 2.24) is 5.32 Å². The summed E-state index contributed by atoms with van der Waals surface area (Å²) in [4.78, 5) is 0. The molecule has 1 rings (SSSR count). The fourth-order valence-corrected chi connectivity index (χ4v) is 1.36. The van der Waals surface area contributed by atoms with Crippen molar-refractivity contribution in [3.63, 3.8) is 0 Å². The Kier molecular flexibility index (Phi) is 3.40. The lowest BCUT2D eigenvalue weighted by atomic mass is 10.00. The largest absolute Gasteiger partial charge is 0.318 e. The van der Waals surface area contributed by atoms with Gasteiger partial charge in [-0.25, -0.2) is 0 Å². The molecule has 0 aromatic heterocycles. The number of piperidine rings is 1. The van der Waals surface area contributed by atoms with Crippen LogP contribution in [0.1, 0.15) is 12.8 Å². The molecule has 0 radical (unpaired) electrons. The molecule has 0 saturated carbocycles. The summed E-state index contributed by atoms with van der Waals surface area (Å²) in [5.41, 5.74) is 0. The molecule has 1 N–H and O–H groups in total. The van der Waals surface area contributed by atoms with Crippen molar-refractivity contribution < 1.29 is 4.18 Å². The molecule has 1 saturated heterocycles. The Bertz CT molecular complexity index is 70.7. The van der Waals surface area contributed by atoms with Gasteiger partial charge in [-0.1, -0.05) is 0 Å². The van der Waals surface area contributed by atoms with E-state index in [-0.39, 0.29) is 0 Å². The van der Waals surface area contributed by atoms with Crippen LogP contribution in [0.3, 0.4) is 0 Å². The molecule has 0 aliphatic carbocycles. The van der Waals surface area contributed by atoms with Gasteiger partial charge in [-0.3, -0.25) is 0 Å². The fraction of sp³-hybridized carbons (Fsp3) is 1.00. The minimum Gasteiger partial charge on any atom is -0.318 e. The molecule has 0 bridgehead atoms. The van der Waals surface area contributed by atoms with Crippen molar-refractivity contribution >= 4 is 12.9 Å². The van der Waals surface area contributed by atoms with Crippen molar-refractivity contribution in [2.45, 2.75) is 12.8 Å². The van der Waals surface area contributed by atoms with E-state index in [4.69, 9.17) is 4.18 Å². The zero-order valence-corrected chi connectivity index (χ0v) is 6.36. The number of thiol groups is 1. The highest BCUT2D eigenvalue weighted by Gasteiger charge is 2.11. The van der Waals surface area contributed by atoms with E-state index in [9.17, 15) is 0 Å². The third-order valence-corrected chi connectivity index (χ3v) is 1.92. The third kappa shape index (κ3) is 2.56. The lowest BCUT2D eigenvalue weighted by Gasteiger charge is -2.20. The first-order valence-corrected chi connectivity index (χ1v) is 3.77. The van der Waals surface area contributed by atoms with Gasteiger partial charge in [0.25, 0.3) is 0 Å². The fourth-order valence-electron chi connectivity index (χ4n) is 1.15. The van der Waals surface area contributed by atoms with Crippen LogP contribution in [0.2, 0.25) is 0 Å². The Labute approximate surface area is 61.6 Å². The Hall–Kier alpha value is 0.270. The maximum Gasteiger partial charge on any atom is 0.0639 e. The third-order valence-electron chi connectivity index (χ3n) is 1.77.